The van der Waals surface area contributed by atoms with E-state index in [1.165, 1.54) is 0 Å². The van der Waals surface area contributed by atoms with Crippen LogP contribution in [0.5, 0.6) is 0 Å². The Balaban J connectivity index is 2.13. The van der Waals surface area contributed by atoms with Crippen LogP contribution in [-0.2, 0) is 6.61 Å². The summed E-state index contributed by atoms with van der Waals surface area (Å²) in [6, 6.07) is 3.61. The van der Waals surface area contributed by atoms with Crippen LogP contribution in [0.3, 0.4) is 0 Å². The van der Waals surface area contributed by atoms with E-state index in [9.17, 15) is 5.11 Å². The molecule has 0 aliphatic carbocycles. The first-order chi connectivity index (χ1) is 8.11. The quantitative estimate of drug-likeness (QED) is 0.859. The van der Waals surface area contributed by atoms with Gasteiger partial charge in [-0.25, -0.2) is 4.98 Å². The first-order valence-corrected chi connectivity index (χ1v) is 6.19. The van der Waals surface area contributed by atoms with E-state index < -0.39 is 0 Å². The van der Waals surface area contributed by atoms with Crippen molar-refractivity contribution in [3.63, 3.8) is 0 Å². The fourth-order valence-corrected chi connectivity index (χ4v) is 2.31. The first-order valence-electron chi connectivity index (χ1n) is 5.81. The standard InChI is InChI=1S/C12H17ClN2O2/c1-8(17)9-4-5-15(6-9)12-3-2-10(13)11(7-16)14-12/h2-3,8-9,16-17H,4-7H2,1H3. The average Bonchev–Trinajstić information content (AvgIpc) is 2.79. The Morgan fingerprint density at radius 3 is 2.94 bits per heavy atom. The molecule has 2 atom stereocenters. The van der Waals surface area contributed by atoms with Crippen molar-refractivity contribution in [3.8, 4) is 0 Å². The molecule has 17 heavy (non-hydrogen) atoms. The molecule has 1 fully saturated rings. The SMILES string of the molecule is CC(O)C1CCN(c2ccc(Cl)c(CO)n2)C1. The van der Waals surface area contributed by atoms with Gasteiger partial charge in [0, 0.05) is 19.0 Å². The highest BCUT2D eigenvalue weighted by Crippen LogP contribution is 2.26. The van der Waals surface area contributed by atoms with Crippen molar-refractivity contribution >= 4 is 17.4 Å². The van der Waals surface area contributed by atoms with E-state index >= 15 is 0 Å². The topological polar surface area (TPSA) is 56.6 Å². The maximum Gasteiger partial charge on any atom is 0.129 e. The van der Waals surface area contributed by atoms with Gasteiger partial charge in [-0.2, -0.15) is 0 Å². The highest BCUT2D eigenvalue weighted by atomic mass is 35.5. The van der Waals surface area contributed by atoms with Crippen LogP contribution in [0.1, 0.15) is 19.0 Å². The number of pyridine rings is 1. The Hall–Kier alpha value is -0.840. The molecule has 1 aliphatic heterocycles. The predicted octanol–water partition coefficient (Wildman–Crippen LogP) is 1.43. The third kappa shape index (κ3) is 2.70. The van der Waals surface area contributed by atoms with E-state index in [1.807, 2.05) is 13.0 Å². The van der Waals surface area contributed by atoms with E-state index in [-0.39, 0.29) is 12.7 Å². The van der Waals surface area contributed by atoms with Gasteiger partial charge in [0.2, 0.25) is 0 Å². The van der Waals surface area contributed by atoms with E-state index in [0.717, 1.165) is 25.3 Å². The zero-order valence-corrected chi connectivity index (χ0v) is 10.6. The van der Waals surface area contributed by atoms with Crippen LogP contribution in [0.15, 0.2) is 12.1 Å². The van der Waals surface area contributed by atoms with Crippen LogP contribution in [0.4, 0.5) is 5.82 Å². The summed E-state index contributed by atoms with van der Waals surface area (Å²) in [5, 5.41) is 19.2. The minimum atomic E-state index is -0.287. The van der Waals surface area contributed by atoms with Crippen LogP contribution in [0, 0.1) is 5.92 Å². The summed E-state index contributed by atoms with van der Waals surface area (Å²) >= 11 is 5.90. The van der Waals surface area contributed by atoms with Gasteiger partial charge in [0.15, 0.2) is 0 Å². The minimum Gasteiger partial charge on any atom is -0.393 e. The van der Waals surface area contributed by atoms with Crippen molar-refractivity contribution < 1.29 is 10.2 Å². The molecule has 2 N–H and O–H groups in total. The zero-order chi connectivity index (χ0) is 12.4. The maximum atomic E-state index is 9.55. The molecule has 2 heterocycles. The van der Waals surface area contributed by atoms with Gasteiger partial charge in [0.05, 0.1) is 23.4 Å². The van der Waals surface area contributed by atoms with Crippen molar-refractivity contribution in [2.45, 2.75) is 26.1 Å². The van der Waals surface area contributed by atoms with Gasteiger partial charge in [0.1, 0.15) is 5.82 Å². The van der Waals surface area contributed by atoms with Crippen molar-refractivity contribution in [3.05, 3.63) is 22.8 Å². The molecule has 0 spiro atoms. The Morgan fingerprint density at radius 2 is 2.35 bits per heavy atom. The van der Waals surface area contributed by atoms with Crippen LogP contribution in [-0.4, -0.2) is 34.4 Å². The van der Waals surface area contributed by atoms with Crippen molar-refractivity contribution in [2.75, 3.05) is 18.0 Å². The third-order valence-electron chi connectivity index (χ3n) is 3.28. The van der Waals surface area contributed by atoms with Gasteiger partial charge >= 0.3 is 0 Å². The summed E-state index contributed by atoms with van der Waals surface area (Å²) in [5.41, 5.74) is 0.504. The second kappa shape index (κ2) is 5.21. The summed E-state index contributed by atoms with van der Waals surface area (Å²) in [6.07, 6.45) is 0.681. The van der Waals surface area contributed by atoms with Crippen LogP contribution < -0.4 is 4.90 Å². The summed E-state index contributed by atoms with van der Waals surface area (Å²) in [4.78, 5) is 6.45. The number of hydrogen-bond acceptors (Lipinski definition) is 4. The molecule has 1 saturated heterocycles. The Morgan fingerprint density at radius 1 is 1.59 bits per heavy atom. The number of hydrogen-bond donors (Lipinski definition) is 2. The number of anilines is 1. The molecular formula is C12H17ClN2O2. The molecule has 0 saturated carbocycles. The largest absolute Gasteiger partial charge is 0.393 e. The Kier molecular flexibility index (Phi) is 3.86. The fourth-order valence-electron chi connectivity index (χ4n) is 2.15. The van der Waals surface area contributed by atoms with Crippen LogP contribution >= 0.6 is 11.6 Å². The van der Waals surface area contributed by atoms with Crippen molar-refractivity contribution in [1.29, 1.82) is 0 Å². The molecule has 94 valence electrons. The van der Waals surface area contributed by atoms with E-state index in [2.05, 4.69) is 9.88 Å². The van der Waals surface area contributed by atoms with E-state index in [0.29, 0.717) is 16.6 Å². The monoisotopic (exact) mass is 256 g/mol. The molecule has 1 aliphatic rings. The normalized spacial score (nSPS) is 21.9. The summed E-state index contributed by atoms with van der Waals surface area (Å²) in [5.74, 6) is 1.12. The molecule has 5 heteroatoms. The van der Waals surface area contributed by atoms with Gasteiger partial charge < -0.3 is 15.1 Å². The minimum absolute atomic E-state index is 0.152. The lowest BCUT2D eigenvalue weighted by atomic mass is 10.0. The lowest BCUT2D eigenvalue weighted by Gasteiger charge is -2.19. The van der Waals surface area contributed by atoms with Gasteiger partial charge in [-0.1, -0.05) is 11.6 Å². The maximum absolute atomic E-state index is 9.55. The molecule has 1 aromatic heterocycles. The Labute approximate surface area is 106 Å². The smallest absolute Gasteiger partial charge is 0.129 e. The van der Waals surface area contributed by atoms with Gasteiger partial charge in [-0.3, -0.25) is 0 Å². The number of nitrogens with zero attached hydrogens (tertiary/aromatic N) is 2. The van der Waals surface area contributed by atoms with E-state index in [4.69, 9.17) is 16.7 Å². The number of aliphatic hydroxyl groups excluding tert-OH is 2. The lowest BCUT2D eigenvalue weighted by Crippen LogP contribution is -2.24. The summed E-state index contributed by atoms with van der Waals surface area (Å²) in [6.45, 7) is 3.36. The second-order valence-electron chi connectivity index (χ2n) is 4.49. The Bertz CT molecular complexity index is 398. The molecular weight excluding hydrogens is 240 g/mol. The van der Waals surface area contributed by atoms with Crippen LogP contribution in [0.2, 0.25) is 5.02 Å². The van der Waals surface area contributed by atoms with E-state index in [1.54, 1.807) is 6.07 Å². The first kappa shape index (κ1) is 12.6. The molecule has 2 unspecified atom stereocenters. The van der Waals surface area contributed by atoms with Gasteiger partial charge in [0.25, 0.3) is 0 Å². The number of rotatable bonds is 3. The summed E-state index contributed by atoms with van der Waals surface area (Å²) in [7, 11) is 0. The van der Waals surface area contributed by atoms with Gasteiger partial charge in [-0.05, 0) is 25.5 Å². The number of aliphatic hydroxyl groups is 2. The molecule has 2 rings (SSSR count). The lowest BCUT2D eigenvalue weighted by molar-refractivity contribution is 0.136. The van der Waals surface area contributed by atoms with Crippen molar-refractivity contribution in [1.82, 2.24) is 4.98 Å². The molecule has 1 aromatic rings. The van der Waals surface area contributed by atoms with Crippen LogP contribution in [0.25, 0.3) is 0 Å². The summed E-state index contributed by atoms with van der Waals surface area (Å²) < 4.78 is 0. The van der Waals surface area contributed by atoms with Gasteiger partial charge in [-0.15, -0.1) is 0 Å². The zero-order valence-electron chi connectivity index (χ0n) is 9.80. The molecule has 0 radical (unpaired) electrons. The average molecular weight is 257 g/mol. The fraction of sp³-hybridized carbons (Fsp3) is 0.583. The predicted molar refractivity (Wildman–Crippen MR) is 67.2 cm³/mol. The molecule has 0 bridgehead atoms. The molecule has 4 nitrogen and oxygen atoms in total. The number of aromatic nitrogens is 1. The third-order valence-corrected chi connectivity index (χ3v) is 3.63. The highest BCUT2D eigenvalue weighted by Gasteiger charge is 2.26. The molecule has 0 aromatic carbocycles. The van der Waals surface area contributed by atoms with Crippen molar-refractivity contribution in [2.24, 2.45) is 5.92 Å². The highest BCUT2D eigenvalue weighted by molar-refractivity contribution is 6.31. The number of halogens is 1. The molecule has 0 amide bonds. The second-order valence-corrected chi connectivity index (χ2v) is 4.90.